The van der Waals surface area contributed by atoms with Crippen LogP contribution in [0.25, 0.3) is 0 Å². The van der Waals surface area contributed by atoms with Gasteiger partial charge in [-0.2, -0.15) is 0 Å². The molecule has 1 aromatic heterocycles. The summed E-state index contributed by atoms with van der Waals surface area (Å²) in [5.74, 6) is -0.564. The van der Waals surface area contributed by atoms with Gasteiger partial charge in [-0.3, -0.25) is 9.78 Å². The maximum absolute atomic E-state index is 13.0. The predicted molar refractivity (Wildman–Crippen MR) is 88.7 cm³/mol. The summed E-state index contributed by atoms with van der Waals surface area (Å²) in [7, 11) is 0. The standard InChI is InChI=1S/C17H17ClFN3O3/c18-15-7-13(19)2-1-12(15)10-24-11-14-9-22(5-6-25-14)17(23)16-8-20-3-4-21-16/h1-4,7-8,14H,5-6,9-11H2. The molecule has 0 spiro atoms. The van der Waals surface area contributed by atoms with Gasteiger partial charge >= 0.3 is 0 Å². The average molecular weight is 366 g/mol. The number of ether oxygens (including phenoxy) is 2. The molecule has 1 atom stereocenters. The molecule has 1 aliphatic heterocycles. The number of rotatable bonds is 5. The molecular formula is C17H17ClFN3O3. The molecule has 0 radical (unpaired) electrons. The van der Waals surface area contributed by atoms with Gasteiger partial charge in [0.2, 0.25) is 0 Å². The van der Waals surface area contributed by atoms with Gasteiger partial charge in [-0.1, -0.05) is 17.7 Å². The molecule has 132 valence electrons. The normalized spacial score (nSPS) is 17.5. The van der Waals surface area contributed by atoms with Crippen molar-refractivity contribution in [3.63, 3.8) is 0 Å². The van der Waals surface area contributed by atoms with E-state index in [1.807, 2.05) is 0 Å². The van der Waals surface area contributed by atoms with E-state index >= 15 is 0 Å². The van der Waals surface area contributed by atoms with Crippen LogP contribution < -0.4 is 0 Å². The number of carbonyl (C=O) groups excluding carboxylic acids is 1. The number of halogens is 2. The third-order valence-electron chi connectivity index (χ3n) is 3.78. The number of morpholine rings is 1. The highest BCUT2D eigenvalue weighted by Crippen LogP contribution is 2.18. The van der Waals surface area contributed by atoms with E-state index in [0.29, 0.717) is 42.6 Å². The summed E-state index contributed by atoms with van der Waals surface area (Å²) in [6.07, 6.45) is 4.21. The van der Waals surface area contributed by atoms with Crippen molar-refractivity contribution in [3.8, 4) is 0 Å². The minimum atomic E-state index is -0.387. The zero-order chi connectivity index (χ0) is 17.6. The lowest BCUT2D eigenvalue weighted by Crippen LogP contribution is -2.47. The van der Waals surface area contributed by atoms with E-state index in [0.717, 1.165) is 0 Å². The van der Waals surface area contributed by atoms with Crippen LogP contribution in [0.15, 0.2) is 36.8 Å². The van der Waals surface area contributed by atoms with Crippen molar-refractivity contribution in [2.24, 2.45) is 0 Å². The lowest BCUT2D eigenvalue weighted by atomic mass is 10.2. The fourth-order valence-corrected chi connectivity index (χ4v) is 2.74. The monoisotopic (exact) mass is 365 g/mol. The van der Waals surface area contributed by atoms with E-state index in [2.05, 4.69) is 9.97 Å². The topological polar surface area (TPSA) is 64.6 Å². The van der Waals surface area contributed by atoms with E-state index in [1.54, 1.807) is 11.0 Å². The molecule has 25 heavy (non-hydrogen) atoms. The number of benzene rings is 1. The first-order valence-corrected chi connectivity index (χ1v) is 8.20. The van der Waals surface area contributed by atoms with Crippen LogP contribution in [0.2, 0.25) is 5.02 Å². The SMILES string of the molecule is O=C(c1cnccn1)N1CCOC(COCc2ccc(F)cc2Cl)C1. The van der Waals surface area contributed by atoms with Crippen LogP contribution in [0.5, 0.6) is 0 Å². The van der Waals surface area contributed by atoms with Crippen molar-refractivity contribution in [1.29, 1.82) is 0 Å². The smallest absolute Gasteiger partial charge is 0.274 e. The summed E-state index contributed by atoms with van der Waals surface area (Å²) in [4.78, 5) is 22.0. The van der Waals surface area contributed by atoms with Crippen LogP contribution in [-0.4, -0.2) is 53.2 Å². The van der Waals surface area contributed by atoms with Gasteiger partial charge in [-0.25, -0.2) is 9.37 Å². The number of carbonyl (C=O) groups is 1. The molecule has 1 amide bonds. The second-order valence-corrected chi connectivity index (χ2v) is 5.99. The first-order chi connectivity index (χ1) is 12.1. The van der Waals surface area contributed by atoms with Gasteiger partial charge < -0.3 is 14.4 Å². The Morgan fingerprint density at radius 3 is 3.08 bits per heavy atom. The maximum Gasteiger partial charge on any atom is 0.274 e. The van der Waals surface area contributed by atoms with Crippen LogP contribution in [-0.2, 0) is 16.1 Å². The quantitative estimate of drug-likeness (QED) is 0.813. The Labute approximate surface area is 149 Å². The van der Waals surface area contributed by atoms with Crippen LogP contribution in [0.1, 0.15) is 16.1 Å². The first kappa shape index (κ1) is 17.7. The zero-order valence-corrected chi connectivity index (χ0v) is 14.2. The summed E-state index contributed by atoms with van der Waals surface area (Å²) < 4.78 is 24.3. The van der Waals surface area contributed by atoms with Gasteiger partial charge in [0.15, 0.2) is 0 Å². The first-order valence-electron chi connectivity index (χ1n) is 7.82. The Hall–Kier alpha value is -2.09. The predicted octanol–water partition coefficient (Wildman–Crippen LogP) is 2.33. The van der Waals surface area contributed by atoms with Gasteiger partial charge in [0.25, 0.3) is 5.91 Å². The molecule has 1 aromatic carbocycles. The minimum absolute atomic E-state index is 0.178. The molecule has 1 unspecified atom stereocenters. The van der Waals surface area contributed by atoms with E-state index in [1.165, 1.54) is 30.7 Å². The third kappa shape index (κ3) is 4.72. The van der Waals surface area contributed by atoms with Crippen molar-refractivity contribution in [2.75, 3.05) is 26.3 Å². The van der Waals surface area contributed by atoms with Gasteiger partial charge in [0, 0.05) is 30.5 Å². The Balaban J connectivity index is 1.51. The van der Waals surface area contributed by atoms with E-state index in [-0.39, 0.29) is 24.4 Å². The number of nitrogens with zero attached hydrogens (tertiary/aromatic N) is 3. The molecule has 1 fully saturated rings. The Morgan fingerprint density at radius 1 is 1.44 bits per heavy atom. The second kappa shape index (κ2) is 8.33. The molecule has 1 aliphatic rings. The number of amides is 1. The second-order valence-electron chi connectivity index (χ2n) is 5.59. The molecule has 0 aliphatic carbocycles. The minimum Gasteiger partial charge on any atom is -0.374 e. The molecular weight excluding hydrogens is 349 g/mol. The van der Waals surface area contributed by atoms with Crippen LogP contribution in [0.3, 0.4) is 0 Å². The van der Waals surface area contributed by atoms with E-state index < -0.39 is 0 Å². The highest BCUT2D eigenvalue weighted by atomic mass is 35.5. The van der Waals surface area contributed by atoms with Crippen molar-refractivity contribution < 1.29 is 18.7 Å². The molecule has 0 saturated carbocycles. The fourth-order valence-electron chi connectivity index (χ4n) is 2.52. The van der Waals surface area contributed by atoms with Crippen molar-refractivity contribution in [1.82, 2.24) is 14.9 Å². The molecule has 1 saturated heterocycles. The van der Waals surface area contributed by atoms with Crippen LogP contribution in [0, 0.1) is 5.82 Å². The number of aromatic nitrogens is 2. The lowest BCUT2D eigenvalue weighted by Gasteiger charge is -2.32. The Morgan fingerprint density at radius 2 is 2.32 bits per heavy atom. The molecule has 2 aromatic rings. The summed E-state index contributed by atoms with van der Waals surface area (Å²) in [5.41, 5.74) is 1.01. The zero-order valence-electron chi connectivity index (χ0n) is 13.4. The number of hydrogen-bond acceptors (Lipinski definition) is 5. The van der Waals surface area contributed by atoms with Crippen molar-refractivity contribution in [3.05, 3.63) is 58.9 Å². The lowest BCUT2D eigenvalue weighted by molar-refractivity contribution is -0.0648. The van der Waals surface area contributed by atoms with Crippen molar-refractivity contribution in [2.45, 2.75) is 12.7 Å². The van der Waals surface area contributed by atoms with Crippen molar-refractivity contribution >= 4 is 17.5 Å². The molecule has 0 N–H and O–H groups in total. The van der Waals surface area contributed by atoms with E-state index in [4.69, 9.17) is 21.1 Å². The van der Waals surface area contributed by atoms with Crippen LogP contribution >= 0.6 is 11.6 Å². The Kier molecular flexibility index (Phi) is 5.91. The molecule has 0 bridgehead atoms. The average Bonchev–Trinajstić information content (AvgIpc) is 2.64. The summed E-state index contributed by atoms with van der Waals surface area (Å²) in [6, 6.07) is 4.17. The molecule has 6 nitrogen and oxygen atoms in total. The van der Waals surface area contributed by atoms with Crippen LogP contribution in [0.4, 0.5) is 4.39 Å². The largest absolute Gasteiger partial charge is 0.374 e. The molecule has 3 rings (SSSR count). The highest BCUT2D eigenvalue weighted by Gasteiger charge is 2.26. The van der Waals surface area contributed by atoms with Gasteiger partial charge in [0.1, 0.15) is 11.5 Å². The molecule has 2 heterocycles. The maximum atomic E-state index is 13.0. The summed E-state index contributed by atoms with van der Waals surface area (Å²) >= 11 is 5.97. The van der Waals surface area contributed by atoms with Gasteiger partial charge in [-0.05, 0) is 17.7 Å². The number of hydrogen-bond donors (Lipinski definition) is 0. The summed E-state index contributed by atoms with van der Waals surface area (Å²) in [5, 5.41) is 0.323. The van der Waals surface area contributed by atoms with Gasteiger partial charge in [-0.15, -0.1) is 0 Å². The summed E-state index contributed by atoms with van der Waals surface area (Å²) in [6.45, 7) is 1.88. The Bertz CT molecular complexity index is 732. The highest BCUT2D eigenvalue weighted by molar-refractivity contribution is 6.31. The fraction of sp³-hybridized carbons (Fsp3) is 0.353. The van der Waals surface area contributed by atoms with Gasteiger partial charge in [0.05, 0.1) is 32.1 Å². The van der Waals surface area contributed by atoms with E-state index in [9.17, 15) is 9.18 Å². The third-order valence-corrected chi connectivity index (χ3v) is 4.14. The molecule has 8 heteroatoms.